The molecule has 1 aliphatic heterocycles. The lowest BCUT2D eigenvalue weighted by molar-refractivity contribution is -0.133. The molecule has 0 spiro atoms. The minimum Gasteiger partial charge on any atom is -0.484 e. The van der Waals surface area contributed by atoms with Gasteiger partial charge in [0, 0.05) is 55.5 Å². The van der Waals surface area contributed by atoms with E-state index in [-0.39, 0.29) is 12.5 Å². The zero-order valence-electron chi connectivity index (χ0n) is 21.6. The Hall–Kier alpha value is -3.68. The number of carbonyl (C=O) groups is 2. The molecule has 4 rings (SSSR count). The van der Waals surface area contributed by atoms with Crippen LogP contribution in [0.15, 0.2) is 48.7 Å². The van der Waals surface area contributed by atoms with Crippen molar-refractivity contribution in [3.63, 3.8) is 0 Å². The lowest BCUT2D eigenvalue weighted by Gasteiger charge is -2.36. The highest BCUT2D eigenvalue weighted by Gasteiger charge is 2.22. The lowest BCUT2D eigenvalue weighted by Crippen LogP contribution is -2.50. The molecule has 192 valence electrons. The molecular weight excluding hydrogens is 456 g/mol. The van der Waals surface area contributed by atoms with Gasteiger partial charge in [-0.3, -0.25) is 4.79 Å². The number of H-pyrrole nitrogens is 1. The maximum atomic E-state index is 12.8. The molecule has 2 N–H and O–H groups in total. The number of alkyl carbamates (subject to hydrolysis) is 1. The summed E-state index contributed by atoms with van der Waals surface area (Å²) >= 11 is 0. The van der Waals surface area contributed by atoms with Gasteiger partial charge in [0.25, 0.3) is 5.91 Å². The normalized spacial score (nSPS) is 14.1. The van der Waals surface area contributed by atoms with Crippen LogP contribution in [0.4, 0.5) is 10.5 Å². The molecule has 36 heavy (non-hydrogen) atoms. The lowest BCUT2D eigenvalue weighted by atomic mass is 10.1. The number of nitrogens with zero attached hydrogens (tertiary/aromatic N) is 2. The predicted molar refractivity (Wildman–Crippen MR) is 142 cm³/mol. The fourth-order valence-corrected chi connectivity index (χ4v) is 4.42. The molecule has 2 amide bonds. The number of ether oxygens (including phenoxy) is 2. The van der Waals surface area contributed by atoms with E-state index in [0.717, 1.165) is 29.6 Å². The van der Waals surface area contributed by atoms with Crippen LogP contribution in [0.1, 0.15) is 31.9 Å². The Bertz CT molecular complexity index is 1210. The van der Waals surface area contributed by atoms with E-state index in [4.69, 9.17) is 9.47 Å². The number of aromatic amines is 1. The second-order valence-corrected chi connectivity index (χ2v) is 10.1. The van der Waals surface area contributed by atoms with Gasteiger partial charge >= 0.3 is 6.09 Å². The molecule has 1 saturated heterocycles. The molecule has 0 saturated carbocycles. The molecule has 0 bridgehead atoms. The largest absolute Gasteiger partial charge is 0.484 e. The summed E-state index contributed by atoms with van der Waals surface area (Å²) in [7, 11) is 0. The van der Waals surface area contributed by atoms with Crippen molar-refractivity contribution in [1.29, 1.82) is 0 Å². The number of nitrogens with one attached hydrogen (secondary N) is 2. The highest BCUT2D eigenvalue weighted by molar-refractivity contribution is 5.85. The number of benzene rings is 2. The average molecular weight is 493 g/mol. The van der Waals surface area contributed by atoms with Crippen LogP contribution in [0.2, 0.25) is 0 Å². The zero-order chi connectivity index (χ0) is 25.7. The SMILES string of the molecule is Cc1ccccc1N1CCN(C(=O)COc2ccc3[nH]cc(CCNC(=O)OC(C)(C)C)c3c2)CC1. The van der Waals surface area contributed by atoms with E-state index < -0.39 is 11.7 Å². The summed E-state index contributed by atoms with van der Waals surface area (Å²) in [6.07, 6.45) is 2.15. The molecule has 1 aromatic heterocycles. The van der Waals surface area contributed by atoms with Gasteiger partial charge < -0.3 is 29.6 Å². The first-order valence-corrected chi connectivity index (χ1v) is 12.5. The fraction of sp³-hybridized carbons (Fsp3) is 0.429. The number of amides is 2. The molecule has 3 aromatic rings. The van der Waals surface area contributed by atoms with Crippen LogP contribution in [0, 0.1) is 6.92 Å². The standard InChI is InChI=1S/C28H36N4O4/c1-20-7-5-6-8-25(20)31-13-15-32(16-14-31)26(33)19-35-22-9-10-24-23(17-22)21(18-30-24)11-12-29-27(34)36-28(2,3)4/h5-10,17-18,30H,11-16,19H2,1-4H3,(H,29,34). The Morgan fingerprint density at radius 2 is 1.81 bits per heavy atom. The minimum atomic E-state index is -0.525. The van der Waals surface area contributed by atoms with E-state index in [1.165, 1.54) is 11.3 Å². The predicted octanol–water partition coefficient (Wildman–Crippen LogP) is 4.27. The number of para-hydroxylation sites is 1. The van der Waals surface area contributed by atoms with Crippen molar-refractivity contribution < 1.29 is 19.1 Å². The number of hydrogen-bond donors (Lipinski definition) is 2. The molecule has 8 heteroatoms. The first-order valence-electron chi connectivity index (χ1n) is 12.5. The molecule has 0 aliphatic carbocycles. The van der Waals surface area contributed by atoms with Crippen molar-refractivity contribution in [3.05, 3.63) is 59.8 Å². The van der Waals surface area contributed by atoms with E-state index in [2.05, 4.69) is 40.3 Å². The second kappa shape index (κ2) is 10.9. The van der Waals surface area contributed by atoms with Crippen LogP contribution < -0.4 is 15.0 Å². The van der Waals surface area contributed by atoms with Crippen LogP contribution in [-0.4, -0.2) is 66.8 Å². The van der Waals surface area contributed by atoms with E-state index >= 15 is 0 Å². The van der Waals surface area contributed by atoms with E-state index in [0.29, 0.717) is 31.8 Å². The van der Waals surface area contributed by atoms with Crippen molar-refractivity contribution in [2.75, 3.05) is 44.2 Å². The summed E-state index contributed by atoms with van der Waals surface area (Å²) in [5.74, 6) is 0.644. The van der Waals surface area contributed by atoms with Crippen LogP contribution in [0.25, 0.3) is 10.9 Å². The van der Waals surface area contributed by atoms with Gasteiger partial charge in [0.05, 0.1) is 0 Å². The van der Waals surface area contributed by atoms with E-state index in [9.17, 15) is 9.59 Å². The number of carbonyl (C=O) groups excluding carboxylic acids is 2. The van der Waals surface area contributed by atoms with Gasteiger partial charge in [-0.1, -0.05) is 18.2 Å². The van der Waals surface area contributed by atoms with Crippen LogP contribution in [-0.2, 0) is 16.0 Å². The summed E-state index contributed by atoms with van der Waals surface area (Å²) in [5.41, 5.74) is 4.00. The van der Waals surface area contributed by atoms with E-state index in [1.54, 1.807) is 0 Å². The third-order valence-electron chi connectivity index (χ3n) is 6.25. The van der Waals surface area contributed by atoms with Crippen molar-refractivity contribution in [3.8, 4) is 5.75 Å². The average Bonchev–Trinajstić information content (AvgIpc) is 3.24. The molecule has 1 fully saturated rings. The van der Waals surface area contributed by atoms with Gasteiger partial charge in [0.1, 0.15) is 11.4 Å². The Morgan fingerprint density at radius 1 is 1.06 bits per heavy atom. The van der Waals surface area contributed by atoms with Gasteiger partial charge in [-0.05, 0) is 69.5 Å². The summed E-state index contributed by atoms with van der Waals surface area (Å²) in [6.45, 7) is 11.1. The Balaban J connectivity index is 1.28. The highest BCUT2D eigenvalue weighted by Crippen LogP contribution is 2.25. The molecule has 0 unspecified atom stereocenters. The molecule has 0 atom stereocenters. The van der Waals surface area contributed by atoms with Gasteiger partial charge in [-0.15, -0.1) is 0 Å². The summed E-state index contributed by atoms with van der Waals surface area (Å²) in [6, 6.07) is 14.1. The Kier molecular flexibility index (Phi) is 7.72. The van der Waals surface area contributed by atoms with Gasteiger partial charge in [-0.2, -0.15) is 0 Å². The zero-order valence-corrected chi connectivity index (χ0v) is 21.6. The molecule has 1 aliphatic rings. The van der Waals surface area contributed by atoms with Gasteiger partial charge in [-0.25, -0.2) is 4.79 Å². The van der Waals surface area contributed by atoms with Crippen molar-refractivity contribution in [2.24, 2.45) is 0 Å². The van der Waals surface area contributed by atoms with Gasteiger partial charge in [0.15, 0.2) is 6.61 Å². The number of hydrogen-bond acceptors (Lipinski definition) is 5. The maximum absolute atomic E-state index is 12.8. The summed E-state index contributed by atoms with van der Waals surface area (Å²) in [5, 5.41) is 3.80. The van der Waals surface area contributed by atoms with E-state index in [1.807, 2.05) is 56.1 Å². The first-order chi connectivity index (χ1) is 17.2. The van der Waals surface area contributed by atoms with Crippen molar-refractivity contribution >= 4 is 28.6 Å². The Morgan fingerprint density at radius 3 is 2.53 bits per heavy atom. The van der Waals surface area contributed by atoms with Crippen molar-refractivity contribution in [2.45, 2.75) is 39.7 Å². The fourth-order valence-electron chi connectivity index (χ4n) is 4.42. The molecule has 2 heterocycles. The summed E-state index contributed by atoms with van der Waals surface area (Å²) in [4.78, 5) is 32.1. The first kappa shape index (κ1) is 25.4. The highest BCUT2D eigenvalue weighted by atomic mass is 16.6. The number of aromatic nitrogens is 1. The number of rotatable bonds is 7. The van der Waals surface area contributed by atoms with Crippen LogP contribution in [0.5, 0.6) is 5.75 Å². The smallest absolute Gasteiger partial charge is 0.407 e. The number of piperazine rings is 1. The van der Waals surface area contributed by atoms with Crippen LogP contribution >= 0.6 is 0 Å². The number of fused-ring (bicyclic) bond motifs is 1. The summed E-state index contributed by atoms with van der Waals surface area (Å²) < 4.78 is 11.2. The molecular formula is C28H36N4O4. The topological polar surface area (TPSA) is 86.9 Å². The van der Waals surface area contributed by atoms with Crippen molar-refractivity contribution in [1.82, 2.24) is 15.2 Å². The monoisotopic (exact) mass is 492 g/mol. The molecule has 2 aromatic carbocycles. The minimum absolute atomic E-state index is 0.00427. The molecule has 0 radical (unpaired) electrons. The Labute approximate surface area is 212 Å². The van der Waals surface area contributed by atoms with Gasteiger partial charge in [0.2, 0.25) is 0 Å². The van der Waals surface area contributed by atoms with Crippen LogP contribution in [0.3, 0.4) is 0 Å². The molecule has 8 nitrogen and oxygen atoms in total. The second-order valence-electron chi connectivity index (χ2n) is 10.1. The maximum Gasteiger partial charge on any atom is 0.407 e. The quantitative estimate of drug-likeness (QED) is 0.514. The number of anilines is 1. The third-order valence-corrected chi connectivity index (χ3v) is 6.25. The third kappa shape index (κ3) is 6.50. The number of aryl methyl sites for hydroxylation is 1.